The Morgan fingerprint density at radius 2 is 1.36 bits per heavy atom. The third kappa shape index (κ3) is 7.42. The molecule has 0 saturated carbocycles. The minimum absolute atomic E-state index is 0.00406. The Hall–Kier alpha value is -4.66. The van der Waals surface area contributed by atoms with E-state index < -0.39 is 23.8 Å². The SMILES string of the molecule is NC(N)=NCCC[C@@H](NC(=O)C(c1ccccc1)c1ccccc1)C(=O)NC(=O)c1ccc(O)cc1. The van der Waals surface area contributed by atoms with Gasteiger partial charge in [-0.15, -0.1) is 0 Å². The summed E-state index contributed by atoms with van der Waals surface area (Å²) in [6, 6.07) is 22.9. The van der Waals surface area contributed by atoms with E-state index >= 15 is 0 Å². The molecule has 186 valence electrons. The van der Waals surface area contributed by atoms with Crippen LogP contribution in [0.25, 0.3) is 0 Å². The maximum atomic E-state index is 13.5. The number of phenols is 1. The molecule has 0 heterocycles. The molecule has 3 aromatic carbocycles. The van der Waals surface area contributed by atoms with Crippen LogP contribution in [0.2, 0.25) is 0 Å². The molecular weight excluding hydrogens is 458 g/mol. The number of nitrogens with two attached hydrogens (primary N) is 2. The summed E-state index contributed by atoms with van der Waals surface area (Å²) in [7, 11) is 0. The van der Waals surface area contributed by atoms with Crippen molar-refractivity contribution in [3.63, 3.8) is 0 Å². The van der Waals surface area contributed by atoms with Gasteiger partial charge in [-0.3, -0.25) is 24.7 Å². The molecular formula is C27H29N5O4. The molecule has 1 atom stereocenters. The molecule has 0 aromatic heterocycles. The van der Waals surface area contributed by atoms with Crippen LogP contribution in [0.15, 0.2) is 89.9 Å². The Balaban J connectivity index is 1.81. The van der Waals surface area contributed by atoms with E-state index in [2.05, 4.69) is 15.6 Å². The number of guanidine groups is 1. The highest BCUT2D eigenvalue weighted by atomic mass is 16.3. The van der Waals surface area contributed by atoms with E-state index in [0.29, 0.717) is 6.42 Å². The van der Waals surface area contributed by atoms with Crippen molar-refractivity contribution in [2.75, 3.05) is 6.54 Å². The molecule has 0 aliphatic heterocycles. The van der Waals surface area contributed by atoms with Gasteiger partial charge in [-0.1, -0.05) is 60.7 Å². The fourth-order valence-corrected chi connectivity index (χ4v) is 3.70. The second kappa shape index (κ2) is 12.7. The smallest absolute Gasteiger partial charge is 0.257 e. The highest BCUT2D eigenvalue weighted by molar-refractivity contribution is 6.07. The maximum absolute atomic E-state index is 13.5. The van der Waals surface area contributed by atoms with Gasteiger partial charge in [0.25, 0.3) is 5.91 Å². The van der Waals surface area contributed by atoms with Gasteiger partial charge in [0.15, 0.2) is 5.96 Å². The number of carbonyl (C=O) groups excluding carboxylic acids is 3. The summed E-state index contributed by atoms with van der Waals surface area (Å²) in [4.78, 5) is 43.1. The zero-order chi connectivity index (χ0) is 25.9. The Morgan fingerprint density at radius 1 is 0.806 bits per heavy atom. The molecule has 0 aliphatic rings. The summed E-state index contributed by atoms with van der Waals surface area (Å²) >= 11 is 0. The van der Waals surface area contributed by atoms with Crippen molar-refractivity contribution >= 4 is 23.7 Å². The molecule has 9 nitrogen and oxygen atoms in total. The normalized spacial score (nSPS) is 11.4. The summed E-state index contributed by atoms with van der Waals surface area (Å²) in [6.07, 6.45) is 0.596. The number of nitrogens with one attached hydrogen (secondary N) is 2. The molecule has 0 aliphatic carbocycles. The van der Waals surface area contributed by atoms with Crippen LogP contribution in [0.3, 0.4) is 0 Å². The molecule has 0 radical (unpaired) electrons. The van der Waals surface area contributed by atoms with Gasteiger partial charge in [-0.05, 0) is 48.2 Å². The standard InChI is InChI=1S/C27H29N5O4/c28-27(29)30-17-7-12-22(25(35)32-24(34)20-13-15-21(33)16-14-20)31-26(36)23(18-8-3-1-4-9-18)19-10-5-2-6-11-19/h1-6,8-11,13-16,22-23,33H,7,12,17H2,(H,31,36)(H4,28,29,30)(H,32,34,35)/t22-/m1/s1. The lowest BCUT2D eigenvalue weighted by atomic mass is 9.90. The van der Waals surface area contributed by atoms with Crippen LogP contribution >= 0.6 is 0 Å². The Bertz CT molecular complexity index is 1150. The fraction of sp³-hybridized carbons (Fsp3) is 0.185. The molecule has 0 bridgehead atoms. The minimum atomic E-state index is -1.01. The number of phenolic OH excluding ortho intramolecular Hbond substituents is 1. The van der Waals surface area contributed by atoms with Gasteiger partial charge in [-0.25, -0.2) is 0 Å². The van der Waals surface area contributed by atoms with Crippen molar-refractivity contribution in [3.8, 4) is 5.75 Å². The van der Waals surface area contributed by atoms with Crippen LogP contribution in [0.4, 0.5) is 0 Å². The van der Waals surface area contributed by atoms with Crippen molar-refractivity contribution in [1.82, 2.24) is 10.6 Å². The quantitative estimate of drug-likeness (QED) is 0.167. The lowest BCUT2D eigenvalue weighted by Gasteiger charge is -2.23. The number of carbonyl (C=O) groups is 3. The highest BCUT2D eigenvalue weighted by Gasteiger charge is 2.28. The third-order valence-electron chi connectivity index (χ3n) is 5.47. The maximum Gasteiger partial charge on any atom is 0.257 e. The van der Waals surface area contributed by atoms with Crippen molar-refractivity contribution < 1.29 is 19.5 Å². The fourth-order valence-electron chi connectivity index (χ4n) is 3.70. The molecule has 0 spiro atoms. The summed E-state index contributed by atoms with van der Waals surface area (Å²) < 4.78 is 0. The van der Waals surface area contributed by atoms with Crippen molar-refractivity contribution in [1.29, 1.82) is 0 Å². The molecule has 3 amide bonds. The molecule has 0 unspecified atom stereocenters. The molecule has 3 aromatic rings. The van der Waals surface area contributed by atoms with E-state index in [0.717, 1.165) is 11.1 Å². The van der Waals surface area contributed by atoms with Gasteiger partial charge < -0.3 is 21.9 Å². The number of hydrogen-bond acceptors (Lipinski definition) is 5. The first-order chi connectivity index (χ1) is 17.3. The van der Waals surface area contributed by atoms with Gasteiger partial charge in [0.05, 0.1) is 5.92 Å². The first kappa shape index (κ1) is 26.0. The minimum Gasteiger partial charge on any atom is -0.508 e. The average molecular weight is 488 g/mol. The Morgan fingerprint density at radius 3 is 1.89 bits per heavy atom. The number of nitrogens with zero attached hydrogens (tertiary/aromatic N) is 1. The molecule has 0 fully saturated rings. The summed E-state index contributed by atoms with van der Waals surface area (Å²) in [5.74, 6) is -2.43. The van der Waals surface area contributed by atoms with Crippen molar-refractivity contribution in [2.24, 2.45) is 16.5 Å². The largest absolute Gasteiger partial charge is 0.508 e. The first-order valence-corrected chi connectivity index (χ1v) is 11.4. The molecule has 36 heavy (non-hydrogen) atoms. The number of amides is 3. The van der Waals surface area contributed by atoms with Crippen LogP contribution in [0.1, 0.15) is 40.2 Å². The van der Waals surface area contributed by atoms with Gasteiger partial charge in [0.2, 0.25) is 11.8 Å². The van der Waals surface area contributed by atoms with Crippen LogP contribution in [-0.2, 0) is 9.59 Å². The molecule has 0 saturated heterocycles. The number of imide groups is 1. The predicted octanol–water partition coefficient (Wildman–Crippen LogP) is 2.02. The van der Waals surface area contributed by atoms with Crippen molar-refractivity contribution in [2.45, 2.75) is 24.8 Å². The molecule has 3 rings (SSSR count). The molecule has 7 N–H and O–H groups in total. The van der Waals surface area contributed by atoms with E-state index in [-0.39, 0.29) is 36.1 Å². The predicted molar refractivity (Wildman–Crippen MR) is 137 cm³/mol. The van der Waals surface area contributed by atoms with Gasteiger partial charge in [-0.2, -0.15) is 0 Å². The third-order valence-corrected chi connectivity index (χ3v) is 5.47. The Kier molecular flexibility index (Phi) is 9.16. The second-order valence-corrected chi connectivity index (χ2v) is 8.13. The number of rotatable bonds is 10. The van der Waals surface area contributed by atoms with E-state index in [1.165, 1.54) is 24.3 Å². The summed E-state index contributed by atoms with van der Waals surface area (Å²) in [6.45, 7) is 0.259. The second-order valence-electron chi connectivity index (χ2n) is 8.13. The van der Waals surface area contributed by atoms with Crippen LogP contribution in [0.5, 0.6) is 5.75 Å². The number of aromatic hydroxyl groups is 1. The highest BCUT2D eigenvalue weighted by Crippen LogP contribution is 2.25. The lowest BCUT2D eigenvalue weighted by Crippen LogP contribution is -2.49. The van der Waals surface area contributed by atoms with Crippen LogP contribution < -0.4 is 22.1 Å². The first-order valence-electron chi connectivity index (χ1n) is 11.4. The van der Waals surface area contributed by atoms with E-state index in [1.54, 1.807) is 0 Å². The van der Waals surface area contributed by atoms with Gasteiger partial charge >= 0.3 is 0 Å². The number of aliphatic imine (C=N–C) groups is 1. The van der Waals surface area contributed by atoms with E-state index in [1.807, 2.05) is 60.7 Å². The average Bonchev–Trinajstić information content (AvgIpc) is 2.87. The van der Waals surface area contributed by atoms with E-state index in [9.17, 15) is 19.5 Å². The monoisotopic (exact) mass is 487 g/mol. The van der Waals surface area contributed by atoms with Crippen LogP contribution in [0, 0.1) is 0 Å². The summed E-state index contributed by atoms with van der Waals surface area (Å²) in [5, 5.41) is 14.6. The topological polar surface area (TPSA) is 160 Å². The van der Waals surface area contributed by atoms with Crippen LogP contribution in [-0.4, -0.2) is 41.4 Å². The number of benzene rings is 3. The van der Waals surface area contributed by atoms with Gasteiger partial charge in [0, 0.05) is 12.1 Å². The number of hydrogen-bond donors (Lipinski definition) is 5. The molecule has 9 heteroatoms. The summed E-state index contributed by atoms with van der Waals surface area (Å²) in [5.41, 5.74) is 12.5. The lowest BCUT2D eigenvalue weighted by molar-refractivity contribution is -0.129. The zero-order valence-corrected chi connectivity index (χ0v) is 19.6. The Labute approximate surface area is 209 Å². The zero-order valence-electron chi connectivity index (χ0n) is 19.6. The van der Waals surface area contributed by atoms with Crippen molar-refractivity contribution in [3.05, 3.63) is 102 Å². The van der Waals surface area contributed by atoms with Gasteiger partial charge in [0.1, 0.15) is 11.8 Å². The van der Waals surface area contributed by atoms with E-state index in [4.69, 9.17) is 11.5 Å².